The number of piperidine rings is 1. The van der Waals surface area contributed by atoms with Gasteiger partial charge in [-0.05, 0) is 24.8 Å². The van der Waals surface area contributed by atoms with Gasteiger partial charge < -0.3 is 4.90 Å². The van der Waals surface area contributed by atoms with E-state index in [1.807, 2.05) is 17.7 Å². The number of rotatable bonds is 2. The van der Waals surface area contributed by atoms with E-state index in [4.69, 9.17) is 0 Å². The molecule has 0 amide bonds. The van der Waals surface area contributed by atoms with Crippen LogP contribution in [0.1, 0.15) is 19.8 Å². The molecular formula is C12H18N6. The lowest BCUT2D eigenvalue weighted by atomic mass is 10.00. The van der Waals surface area contributed by atoms with Crippen LogP contribution in [0.25, 0.3) is 11.5 Å². The second-order valence-electron chi connectivity index (χ2n) is 5.02. The molecular weight excluding hydrogens is 228 g/mol. The van der Waals surface area contributed by atoms with Gasteiger partial charge in [-0.25, -0.2) is 0 Å². The van der Waals surface area contributed by atoms with Crippen molar-refractivity contribution in [1.29, 1.82) is 0 Å². The van der Waals surface area contributed by atoms with Gasteiger partial charge in [0.2, 0.25) is 5.95 Å². The van der Waals surface area contributed by atoms with Gasteiger partial charge in [0.1, 0.15) is 5.69 Å². The van der Waals surface area contributed by atoms with Crippen molar-refractivity contribution in [1.82, 2.24) is 25.0 Å². The Kier molecular flexibility index (Phi) is 2.77. The van der Waals surface area contributed by atoms with E-state index in [1.54, 1.807) is 6.20 Å². The van der Waals surface area contributed by atoms with Crippen LogP contribution in [0.3, 0.4) is 0 Å². The normalized spacial score (nSPS) is 17.3. The van der Waals surface area contributed by atoms with Crippen LogP contribution < -0.4 is 4.90 Å². The van der Waals surface area contributed by atoms with E-state index in [0.29, 0.717) is 0 Å². The first kappa shape index (κ1) is 11.3. The number of H-pyrrole nitrogens is 1. The van der Waals surface area contributed by atoms with E-state index in [9.17, 15) is 0 Å². The molecule has 0 unspecified atom stereocenters. The SMILES string of the molecule is CC1CCN(c2nnc(-c3ccn[nH]3)n2C)CC1. The molecule has 6 nitrogen and oxygen atoms in total. The van der Waals surface area contributed by atoms with Gasteiger partial charge in [-0.2, -0.15) is 5.10 Å². The quantitative estimate of drug-likeness (QED) is 0.871. The van der Waals surface area contributed by atoms with Crippen molar-refractivity contribution in [3.63, 3.8) is 0 Å². The van der Waals surface area contributed by atoms with Crippen molar-refractivity contribution in [3.8, 4) is 11.5 Å². The number of aromatic nitrogens is 5. The lowest BCUT2D eigenvalue weighted by Crippen LogP contribution is -2.34. The van der Waals surface area contributed by atoms with Crippen LogP contribution in [0.2, 0.25) is 0 Å². The predicted octanol–water partition coefficient (Wildman–Crippen LogP) is 1.44. The number of anilines is 1. The zero-order chi connectivity index (χ0) is 12.5. The van der Waals surface area contributed by atoms with Gasteiger partial charge in [0, 0.05) is 26.3 Å². The molecule has 1 saturated heterocycles. The largest absolute Gasteiger partial charge is 0.341 e. The number of hydrogen-bond acceptors (Lipinski definition) is 4. The summed E-state index contributed by atoms with van der Waals surface area (Å²) in [7, 11) is 2.00. The number of nitrogens with one attached hydrogen (secondary N) is 1. The van der Waals surface area contributed by atoms with Crippen LogP contribution in [0.4, 0.5) is 5.95 Å². The summed E-state index contributed by atoms with van der Waals surface area (Å²) >= 11 is 0. The summed E-state index contributed by atoms with van der Waals surface area (Å²) in [6.45, 7) is 4.44. The Hall–Kier alpha value is -1.85. The van der Waals surface area contributed by atoms with Gasteiger partial charge >= 0.3 is 0 Å². The maximum atomic E-state index is 4.31. The molecule has 1 aliphatic rings. The van der Waals surface area contributed by atoms with Gasteiger partial charge in [0.25, 0.3) is 0 Å². The molecule has 0 saturated carbocycles. The number of hydrogen-bond donors (Lipinski definition) is 1. The lowest BCUT2D eigenvalue weighted by Gasteiger charge is -2.30. The van der Waals surface area contributed by atoms with Crippen molar-refractivity contribution in [3.05, 3.63) is 12.3 Å². The minimum Gasteiger partial charge on any atom is -0.341 e. The second-order valence-corrected chi connectivity index (χ2v) is 5.02. The highest BCUT2D eigenvalue weighted by Gasteiger charge is 2.21. The third-order valence-electron chi connectivity index (χ3n) is 3.66. The Morgan fingerprint density at radius 3 is 2.72 bits per heavy atom. The molecule has 96 valence electrons. The monoisotopic (exact) mass is 246 g/mol. The van der Waals surface area contributed by atoms with Crippen LogP contribution >= 0.6 is 0 Å². The summed E-state index contributed by atoms with van der Waals surface area (Å²) in [6, 6.07) is 1.91. The smallest absolute Gasteiger partial charge is 0.227 e. The molecule has 0 aromatic carbocycles. The van der Waals surface area contributed by atoms with Crippen molar-refractivity contribution >= 4 is 5.95 Å². The third-order valence-corrected chi connectivity index (χ3v) is 3.66. The summed E-state index contributed by atoms with van der Waals surface area (Å²) in [4.78, 5) is 2.31. The summed E-state index contributed by atoms with van der Waals surface area (Å²) in [5.74, 6) is 2.61. The number of nitrogens with zero attached hydrogens (tertiary/aromatic N) is 5. The Morgan fingerprint density at radius 2 is 2.06 bits per heavy atom. The Morgan fingerprint density at radius 1 is 1.28 bits per heavy atom. The first-order chi connectivity index (χ1) is 8.75. The molecule has 3 heterocycles. The Balaban J connectivity index is 1.86. The van der Waals surface area contributed by atoms with Gasteiger partial charge in [-0.15, -0.1) is 10.2 Å². The lowest BCUT2D eigenvalue weighted by molar-refractivity contribution is 0.432. The van der Waals surface area contributed by atoms with Crippen LogP contribution in [0, 0.1) is 5.92 Å². The Labute approximate surface area is 106 Å². The van der Waals surface area contributed by atoms with Gasteiger partial charge in [-0.1, -0.05) is 6.92 Å². The van der Waals surface area contributed by atoms with Gasteiger partial charge in [0.05, 0.1) is 0 Å². The average Bonchev–Trinajstić information content (AvgIpc) is 2.99. The zero-order valence-electron chi connectivity index (χ0n) is 10.8. The van der Waals surface area contributed by atoms with Crippen molar-refractivity contribution in [2.75, 3.05) is 18.0 Å². The highest BCUT2D eigenvalue weighted by Crippen LogP contribution is 2.23. The first-order valence-electron chi connectivity index (χ1n) is 6.40. The van der Waals surface area contributed by atoms with Crippen LogP contribution in [0.15, 0.2) is 12.3 Å². The summed E-state index contributed by atoms with van der Waals surface area (Å²) in [6.07, 6.45) is 4.19. The molecule has 0 bridgehead atoms. The second kappa shape index (κ2) is 4.44. The van der Waals surface area contributed by atoms with Crippen molar-refractivity contribution < 1.29 is 0 Å². The highest BCUT2D eigenvalue weighted by molar-refractivity contribution is 5.52. The maximum absolute atomic E-state index is 4.31. The predicted molar refractivity (Wildman–Crippen MR) is 69.2 cm³/mol. The topological polar surface area (TPSA) is 62.6 Å². The van der Waals surface area contributed by atoms with E-state index in [2.05, 4.69) is 32.2 Å². The fourth-order valence-corrected chi connectivity index (χ4v) is 2.42. The molecule has 3 rings (SSSR count). The standard InChI is InChI=1S/C12H18N6/c1-9-4-7-18(8-5-9)12-16-15-11(17(12)2)10-3-6-13-14-10/h3,6,9H,4-5,7-8H2,1-2H3,(H,13,14). The van der Waals surface area contributed by atoms with E-state index >= 15 is 0 Å². The number of aromatic amines is 1. The molecule has 1 N–H and O–H groups in total. The summed E-state index contributed by atoms with van der Waals surface area (Å²) in [5.41, 5.74) is 0.904. The van der Waals surface area contributed by atoms with E-state index in [-0.39, 0.29) is 0 Å². The molecule has 1 fully saturated rings. The van der Waals surface area contributed by atoms with Crippen LogP contribution in [0.5, 0.6) is 0 Å². The third kappa shape index (κ3) is 1.87. The average molecular weight is 246 g/mol. The van der Waals surface area contributed by atoms with E-state index < -0.39 is 0 Å². The van der Waals surface area contributed by atoms with Crippen molar-refractivity contribution in [2.24, 2.45) is 13.0 Å². The summed E-state index contributed by atoms with van der Waals surface area (Å²) in [5, 5.41) is 15.4. The van der Waals surface area contributed by atoms with Crippen LogP contribution in [-0.2, 0) is 7.05 Å². The van der Waals surface area contributed by atoms with Gasteiger partial charge in [0.15, 0.2) is 5.82 Å². The molecule has 0 aliphatic carbocycles. The fraction of sp³-hybridized carbons (Fsp3) is 0.583. The molecule has 0 atom stereocenters. The molecule has 2 aromatic heterocycles. The van der Waals surface area contributed by atoms with Crippen LogP contribution in [-0.4, -0.2) is 38.1 Å². The highest BCUT2D eigenvalue weighted by atomic mass is 15.4. The van der Waals surface area contributed by atoms with E-state index in [0.717, 1.165) is 36.5 Å². The molecule has 6 heteroatoms. The molecule has 0 spiro atoms. The van der Waals surface area contributed by atoms with E-state index in [1.165, 1.54) is 12.8 Å². The Bertz CT molecular complexity index is 507. The van der Waals surface area contributed by atoms with Crippen molar-refractivity contribution in [2.45, 2.75) is 19.8 Å². The zero-order valence-corrected chi connectivity index (χ0v) is 10.8. The maximum Gasteiger partial charge on any atom is 0.227 e. The molecule has 1 aliphatic heterocycles. The molecule has 0 radical (unpaired) electrons. The first-order valence-corrected chi connectivity index (χ1v) is 6.40. The van der Waals surface area contributed by atoms with Gasteiger partial charge in [-0.3, -0.25) is 9.67 Å². The minimum absolute atomic E-state index is 0.821. The molecule has 2 aromatic rings. The minimum atomic E-state index is 0.821. The molecule has 18 heavy (non-hydrogen) atoms. The summed E-state index contributed by atoms with van der Waals surface area (Å²) < 4.78 is 2.03. The fourth-order valence-electron chi connectivity index (χ4n) is 2.42.